The van der Waals surface area contributed by atoms with Gasteiger partial charge in [0.1, 0.15) is 0 Å². The van der Waals surface area contributed by atoms with Gasteiger partial charge in [-0.1, -0.05) is 0 Å². The number of nitrogens with one attached hydrogen (secondary N) is 3. The van der Waals surface area contributed by atoms with Gasteiger partial charge in [-0.3, -0.25) is 14.9 Å². The molecule has 6 nitrogen and oxygen atoms in total. The Bertz CT molecular complexity index is 276. The molecule has 1 fully saturated rings. The van der Waals surface area contributed by atoms with Gasteiger partial charge >= 0.3 is 0 Å². The monoisotopic (exact) mass is 182 g/mol. The minimum absolute atomic E-state index is 0.0312. The van der Waals surface area contributed by atoms with Crippen molar-refractivity contribution in [3.05, 3.63) is 0 Å². The van der Waals surface area contributed by atoms with E-state index in [1.807, 2.05) is 0 Å². The Kier molecular flexibility index (Phi) is 1.97. The zero-order chi connectivity index (χ0) is 9.26. The normalized spacial score (nSPS) is 32.0. The van der Waals surface area contributed by atoms with Crippen molar-refractivity contribution in [2.75, 3.05) is 6.54 Å². The maximum absolute atomic E-state index is 11.1. The average molecular weight is 182 g/mol. The van der Waals surface area contributed by atoms with E-state index in [4.69, 9.17) is 0 Å². The van der Waals surface area contributed by atoms with Crippen molar-refractivity contribution in [1.29, 1.82) is 0 Å². The highest BCUT2D eigenvalue weighted by molar-refractivity contribution is 6.27. The van der Waals surface area contributed by atoms with Gasteiger partial charge in [-0.05, 0) is 6.42 Å². The number of nitrogens with zero attached hydrogens (tertiary/aromatic N) is 1. The van der Waals surface area contributed by atoms with Crippen LogP contribution in [0.5, 0.6) is 0 Å². The van der Waals surface area contributed by atoms with E-state index in [2.05, 4.69) is 20.9 Å². The van der Waals surface area contributed by atoms with Crippen molar-refractivity contribution in [3.8, 4) is 0 Å². The highest BCUT2D eigenvalue weighted by atomic mass is 16.2. The molecule has 0 radical (unpaired) electrons. The molecule has 2 aliphatic rings. The zero-order valence-corrected chi connectivity index (χ0v) is 6.91. The molecule has 70 valence electrons. The van der Waals surface area contributed by atoms with Crippen LogP contribution in [0.3, 0.4) is 0 Å². The molecule has 1 saturated heterocycles. The van der Waals surface area contributed by atoms with Crippen LogP contribution in [0, 0.1) is 0 Å². The summed E-state index contributed by atoms with van der Waals surface area (Å²) in [7, 11) is 0. The third kappa shape index (κ3) is 1.67. The average Bonchev–Trinajstić information content (AvgIpc) is 2.64. The lowest BCUT2D eigenvalue weighted by atomic mass is 10.2. The predicted octanol–water partition coefficient (Wildman–Crippen LogP) is -2.05. The van der Waals surface area contributed by atoms with E-state index in [1.54, 1.807) is 0 Å². The smallest absolute Gasteiger partial charge is 0.264 e. The fourth-order valence-corrected chi connectivity index (χ4v) is 1.38. The number of carbonyl (C=O) groups excluding carboxylic acids is 2. The summed E-state index contributed by atoms with van der Waals surface area (Å²) >= 11 is 0. The first-order chi connectivity index (χ1) is 6.25. The van der Waals surface area contributed by atoms with Crippen LogP contribution in [-0.4, -0.2) is 36.9 Å². The Morgan fingerprint density at radius 2 is 2.38 bits per heavy atom. The van der Waals surface area contributed by atoms with E-state index in [-0.39, 0.29) is 17.9 Å². The second-order valence-corrected chi connectivity index (χ2v) is 2.99. The van der Waals surface area contributed by atoms with Crippen LogP contribution in [0.4, 0.5) is 0 Å². The van der Waals surface area contributed by atoms with E-state index in [0.717, 1.165) is 6.42 Å². The molecule has 0 aromatic carbocycles. The Balaban J connectivity index is 1.88. The Labute approximate surface area is 74.8 Å². The summed E-state index contributed by atoms with van der Waals surface area (Å²) in [5.74, 6) is -0.257. The molecule has 2 unspecified atom stereocenters. The number of aliphatic imine (C=N–C) groups is 1. The van der Waals surface area contributed by atoms with Crippen LogP contribution >= 0.6 is 0 Å². The standard InChI is InChI=1S/C7H10N4O2/c12-5-3-9-7(11-5)10-4-1-2-8-6(4)13/h3-4,7,10H,1-2H2,(H,8,13)(H,11,12). The van der Waals surface area contributed by atoms with E-state index >= 15 is 0 Å². The minimum Gasteiger partial charge on any atom is -0.355 e. The lowest BCUT2D eigenvalue weighted by Gasteiger charge is -2.14. The number of rotatable bonds is 2. The first-order valence-corrected chi connectivity index (χ1v) is 4.13. The third-order valence-electron chi connectivity index (χ3n) is 2.03. The molecule has 0 aliphatic carbocycles. The highest BCUT2D eigenvalue weighted by Gasteiger charge is 2.27. The molecule has 2 atom stereocenters. The van der Waals surface area contributed by atoms with Crippen molar-refractivity contribution < 1.29 is 9.59 Å². The molecule has 2 rings (SSSR count). The highest BCUT2D eigenvalue weighted by Crippen LogP contribution is 2.01. The molecular formula is C7H10N4O2. The topological polar surface area (TPSA) is 82.6 Å². The van der Waals surface area contributed by atoms with Gasteiger partial charge in [0.2, 0.25) is 5.91 Å². The molecule has 3 N–H and O–H groups in total. The summed E-state index contributed by atoms with van der Waals surface area (Å²) in [6, 6.07) is -0.236. The van der Waals surface area contributed by atoms with Crippen LogP contribution in [0.25, 0.3) is 0 Å². The van der Waals surface area contributed by atoms with E-state index in [9.17, 15) is 9.59 Å². The molecule has 2 heterocycles. The number of carbonyl (C=O) groups is 2. The molecule has 0 spiro atoms. The van der Waals surface area contributed by atoms with Gasteiger partial charge in [-0.15, -0.1) is 0 Å². The van der Waals surface area contributed by atoms with Crippen LogP contribution < -0.4 is 16.0 Å². The second-order valence-electron chi connectivity index (χ2n) is 2.99. The lowest BCUT2D eigenvalue weighted by molar-refractivity contribution is -0.121. The quantitative estimate of drug-likeness (QED) is 0.459. The van der Waals surface area contributed by atoms with Gasteiger partial charge in [-0.2, -0.15) is 0 Å². The SMILES string of the molecule is O=C1C=NC(NC2CCNC2=O)N1. The van der Waals surface area contributed by atoms with Gasteiger partial charge in [0.15, 0.2) is 6.29 Å². The predicted molar refractivity (Wildman–Crippen MR) is 45.0 cm³/mol. The molecule has 0 aromatic rings. The largest absolute Gasteiger partial charge is 0.355 e. The van der Waals surface area contributed by atoms with E-state index < -0.39 is 6.29 Å². The number of amides is 2. The van der Waals surface area contributed by atoms with Gasteiger partial charge in [-0.25, -0.2) is 4.99 Å². The maximum atomic E-state index is 11.1. The maximum Gasteiger partial charge on any atom is 0.264 e. The molecule has 2 amide bonds. The fourth-order valence-electron chi connectivity index (χ4n) is 1.38. The van der Waals surface area contributed by atoms with Crippen molar-refractivity contribution in [2.24, 2.45) is 4.99 Å². The van der Waals surface area contributed by atoms with Gasteiger partial charge in [0, 0.05) is 6.54 Å². The van der Waals surface area contributed by atoms with E-state index in [0.29, 0.717) is 6.54 Å². The Morgan fingerprint density at radius 3 is 2.92 bits per heavy atom. The molecule has 0 aromatic heterocycles. The molecular weight excluding hydrogens is 172 g/mol. The summed E-state index contributed by atoms with van der Waals surface area (Å²) in [6.07, 6.45) is 1.51. The molecule has 13 heavy (non-hydrogen) atoms. The Morgan fingerprint density at radius 1 is 1.54 bits per heavy atom. The van der Waals surface area contributed by atoms with Gasteiger partial charge in [0.05, 0.1) is 12.3 Å². The van der Waals surface area contributed by atoms with Crippen molar-refractivity contribution in [3.63, 3.8) is 0 Å². The number of hydrogen-bond acceptors (Lipinski definition) is 4. The minimum atomic E-state index is -0.443. The van der Waals surface area contributed by atoms with Crippen molar-refractivity contribution in [2.45, 2.75) is 18.8 Å². The molecule has 0 bridgehead atoms. The van der Waals surface area contributed by atoms with Crippen LogP contribution in [0.15, 0.2) is 4.99 Å². The lowest BCUT2D eigenvalue weighted by Crippen LogP contribution is -2.47. The van der Waals surface area contributed by atoms with E-state index in [1.165, 1.54) is 6.21 Å². The second kappa shape index (κ2) is 3.14. The van der Waals surface area contributed by atoms with Crippen LogP contribution in [-0.2, 0) is 9.59 Å². The summed E-state index contributed by atoms with van der Waals surface area (Å²) < 4.78 is 0. The van der Waals surface area contributed by atoms with Crippen molar-refractivity contribution in [1.82, 2.24) is 16.0 Å². The van der Waals surface area contributed by atoms with Crippen molar-refractivity contribution >= 4 is 18.0 Å². The summed E-state index contributed by atoms with van der Waals surface area (Å²) in [5, 5.41) is 8.15. The van der Waals surface area contributed by atoms with Crippen LogP contribution in [0.2, 0.25) is 0 Å². The summed E-state index contributed by atoms with van der Waals surface area (Å²) in [5.41, 5.74) is 0. The molecule has 0 saturated carbocycles. The first-order valence-electron chi connectivity index (χ1n) is 4.13. The number of hydrogen-bond donors (Lipinski definition) is 3. The third-order valence-corrected chi connectivity index (χ3v) is 2.03. The fraction of sp³-hybridized carbons (Fsp3) is 0.571. The summed E-state index contributed by atoms with van der Waals surface area (Å²) in [6.45, 7) is 0.681. The molecule has 2 aliphatic heterocycles. The zero-order valence-electron chi connectivity index (χ0n) is 6.91. The van der Waals surface area contributed by atoms with Gasteiger partial charge in [0.25, 0.3) is 5.91 Å². The Hall–Kier alpha value is -1.43. The molecule has 6 heteroatoms. The first kappa shape index (κ1) is 8.18. The van der Waals surface area contributed by atoms with Crippen LogP contribution in [0.1, 0.15) is 6.42 Å². The summed E-state index contributed by atoms with van der Waals surface area (Å²) in [4.78, 5) is 25.7. The van der Waals surface area contributed by atoms with Gasteiger partial charge < -0.3 is 10.6 Å².